The lowest BCUT2D eigenvalue weighted by molar-refractivity contribution is 0.111. The molecule has 1 aromatic heterocycles. The molecule has 0 saturated carbocycles. The standard InChI is InChI=1S/C9H8N2O/c10-11-8(6-12)5-7-3-1-2-4-9(7)11/h1-6H,10H2. The summed E-state index contributed by atoms with van der Waals surface area (Å²) in [5.41, 5.74) is 1.37. The summed E-state index contributed by atoms with van der Waals surface area (Å²) in [5, 5.41) is 0.988. The van der Waals surface area contributed by atoms with Crippen molar-refractivity contribution in [3.63, 3.8) is 0 Å². The van der Waals surface area contributed by atoms with Crippen molar-refractivity contribution < 1.29 is 4.79 Å². The molecule has 1 aromatic carbocycles. The summed E-state index contributed by atoms with van der Waals surface area (Å²) in [4.78, 5) is 10.5. The molecule has 12 heavy (non-hydrogen) atoms. The van der Waals surface area contributed by atoms with Crippen LogP contribution in [0.25, 0.3) is 10.9 Å². The largest absolute Gasteiger partial charge is 0.338 e. The van der Waals surface area contributed by atoms with Gasteiger partial charge in [0.15, 0.2) is 6.29 Å². The first-order valence-corrected chi connectivity index (χ1v) is 3.63. The molecule has 0 aliphatic rings. The maximum atomic E-state index is 10.5. The Morgan fingerprint density at radius 1 is 1.33 bits per heavy atom. The van der Waals surface area contributed by atoms with E-state index in [1.54, 1.807) is 6.07 Å². The molecule has 1 heterocycles. The topological polar surface area (TPSA) is 48.0 Å². The van der Waals surface area contributed by atoms with Crippen LogP contribution in [0.4, 0.5) is 0 Å². The number of hydrogen-bond donors (Lipinski definition) is 1. The Bertz CT molecular complexity index is 431. The zero-order valence-corrected chi connectivity index (χ0v) is 6.40. The van der Waals surface area contributed by atoms with E-state index in [4.69, 9.17) is 5.84 Å². The van der Waals surface area contributed by atoms with Crippen molar-refractivity contribution in [3.8, 4) is 0 Å². The molecule has 0 aliphatic carbocycles. The van der Waals surface area contributed by atoms with Crippen LogP contribution in [0.15, 0.2) is 30.3 Å². The first-order chi connectivity index (χ1) is 5.83. The van der Waals surface area contributed by atoms with Gasteiger partial charge in [-0.3, -0.25) is 9.47 Å². The third-order valence-corrected chi connectivity index (χ3v) is 1.90. The van der Waals surface area contributed by atoms with Gasteiger partial charge in [0.1, 0.15) is 5.69 Å². The predicted molar refractivity (Wildman–Crippen MR) is 47.5 cm³/mol. The van der Waals surface area contributed by atoms with Crippen LogP contribution in [-0.2, 0) is 0 Å². The Hall–Kier alpha value is -1.77. The third-order valence-electron chi connectivity index (χ3n) is 1.90. The molecule has 2 N–H and O–H groups in total. The maximum Gasteiger partial charge on any atom is 0.168 e. The summed E-state index contributed by atoms with van der Waals surface area (Å²) in [5.74, 6) is 5.63. The van der Waals surface area contributed by atoms with Crippen LogP contribution >= 0.6 is 0 Å². The lowest BCUT2D eigenvalue weighted by atomic mass is 10.2. The van der Waals surface area contributed by atoms with Crippen molar-refractivity contribution in [2.24, 2.45) is 0 Å². The zero-order valence-electron chi connectivity index (χ0n) is 6.40. The van der Waals surface area contributed by atoms with Gasteiger partial charge in [0.2, 0.25) is 0 Å². The molecule has 0 saturated heterocycles. The van der Waals surface area contributed by atoms with Gasteiger partial charge in [-0.2, -0.15) is 0 Å². The van der Waals surface area contributed by atoms with Gasteiger partial charge in [-0.15, -0.1) is 0 Å². The molecular weight excluding hydrogens is 152 g/mol. The first kappa shape index (κ1) is 6.91. The van der Waals surface area contributed by atoms with Crippen LogP contribution in [-0.4, -0.2) is 11.0 Å². The van der Waals surface area contributed by atoms with Crippen LogP contribution in [0.5, 0.6) is 0 Å². The van der Waals surface area contributed by atoms with Gasteiger partial charge in [-0.25, -0.2) is 0 Å². The van der Waals surface area contributed by atoms with E-state index in [2.05, 4.69) is 0 Å². The molecule has 0 atom stereocenters. The Morgan fingerprint density at radius 3 is 2.75 bits per heavy atom. The molecule has 0 radical (unpaired) electrons. The van der Waals surface area contributed by atoms with Gasteiger partial charge in [-0.1, -0.05) is 18.2 Å². The minimum absolute atomic E-state index is 0.496. The van der Waals surface area contributed by atoms with E-state index in [1.807, 2.05) is 24.3 Å². The molecule has 0 unspecified atom stereocenters. The number of nitrogen functional groups attached to an aromatic ring is 1. The van der Waals surface area contributed by atoms with Crippen molar-refractivity contribution in [2.75, 3.05) is 5.84 Å². The molecule has 0 amide bonds. The second-order valence-electron chi connectivity index (χ2n) is 2.62. The molecule has 0 spiro atoms. The van der Waals surface area contributed by atoms with E-state index in [0.717, 1.165) is 17.2 Å². The zero-order chi connectivity index (χ0) is 8.55. The number of aldehydes is 1. The van der Waals surface area contributed by atoms with Crippen LogP contribution in [0.1, 0.15) is 10.5 Å². The van der Waals surface area contributed by atoms with Crippen molar-refractivity contribution in [1.82, 2.24) is 4.68 Å². The summed E-state index contributed by atoms with van der Waals surface area (Å²) < 4.78 is 1.39. The molecule has 3 heteroatoms. The van der Waals surface area contributed by atoms with Gasteiger partial charge in [0, 0.05) is 5.39 Å². The van der Waals surface area contributed by atoms with E-state index in [0.29, 0.717) is 5.69 Å². The molecule has 0 bridgehead atoms. The average Bonchev–Trinajstić information content (AvgIpc) is 2.44. The summed E-state index contributed by atoms with van der Waals surface area (Å²) in [7, 11) is 0. The van der Waals surface area contributed by atoms with Crippen LogP contribution in [0, 0.1) is 0 Å². The monoisotopic (exact) mass is 160 g/mol. The van der Waals surface area contributed by atoms with E-state index < -0.39 is 0 Å². The van der Waals surface area contributed by atoms with Crippen LogP contribution in [0.2, 0.25) is 0 Å². The Labute approximate surface area is 69.4 Å². The number of carbonyl (C=O) groups excluding carboxylic acids is 1. The number of benzene rings is 1. The maximum absolute atomic E-state index is 10.5. The van der Waals surface area contributed by atoms with Gasteiger partial charge >= 0.3 is 0 Å². The molecule has 0 aliphatic heterocycles. The highest BCUT2D eigenvalue weighted by Gasteiger charge is 2.02. The number of aromatic nitrogens is 1. The lowest BCUT2D eigenvalue weighted by Gasteiger charge is -1.95. The van der Waals surface area contributed by atoms with E-state index >= 15 is 0 Å². The summed E-state index contributed by atoms with van der Waals surface area (Å²) in [6.07, 6.45) is 0.750. The Morgan fingerprint density at radius 2 is 2.08 bits per heavy atom. The van der Waals surface area contributed by atoms with Gasteiger partial charge in [-0.05, 0) is 12.1 Å². The summed E-state index contributed by atoms with van der Waals surface area (Å²) in [6.45, 7) is 0. The highest BCUT2D eigenvalue weighted by atomic mass is 16.1. The smallest absolute Gasteiger partial charge is 0.168 e. The van der Waals surface area contributed by atoms with Crippen LogP contribution in [0.3, 0.4) is 0 Å². The van der Waals surface area contributed by atoms with Gasteiger partial charge in [0.25, 0.3) is 0 Å². The normalized spacial score (nSPS) is 10.3. The Kier molecular flexibility index (Phi) is 1.37. The number of nitrogens with zero attached hydrogens (tertiary/aromatic N) is 1. The molecular formula is C9H8N2O. The minimum atomic E-state index is 0.496. The number of carbonyl (C=O) groups is 1. The number of nitrogens with two attached hydrogens (primary N) is 1. The number of rotatable bonds is 1. The highest BCUT2D eigenvalue weighted by molar-refractivity contribution is 5.88. The first-order valence-electron chi connectivity index (χ1n) is 3.63. The van der Waals surface area contributed by atoms with Crippen molar-refractivity contribution >= 4 is 17.2 Å². The fourth-order valence-electron chi connectivity index (χ4n) is 1.29. The molecule has 60 valence electrons. The SMILES string of the molecule is Nn1c(C=O)cc2ccccc21. The fraction of sp³-hybridized carbons (Fsp3) is 0. The summed E-state index contributed by atoms with van der Waals surface area (Å²) >= 11 is 0. The average molecular weight is 160 g/mol. The van der Waals surface area contributed by atoms with Crippen molar-refractivity contribution in [3.05, 3.63) is 36.0 Å². The number of hydrogen-bond acceptors (Lipinski definition) is 2. The molecule has 2 aromatic rings. The minimum Gasteiger partial charge on any atom is -0.338 e. The molecule has 3 nitrogen and oxygen atoms in total. The second-order valence-corrected chi connectivity index (χ2v) is 2.62. The number of fused-ring (bicyclic) bond motifs is 1. The van der Waals surface area contributed by atoms with E-state index in [-0.39, 0.29) is 0 Å². The lowest BCUT2D eigenvalue weighted by Crippen LogP contribution is -2.10. The van der Waals surface area contributed by atoms with Crippen LogP contribution < -0.4 is 5.84 Å². The summed E-state index contributed by atoms with van der Waals surface area (Å²) in [6, 6.07) is 9.37. The molecule has 0 fully saturated rings. The van der Waals surface area contributed by atoms with Crippen molar-refractivity contribution in [2.45, 2.75) is 0 Å². The quantitative estimate of drug-likeness (QED) is 0.502. The molecule has 2 rings (SSSR count). The number of para-hydroxylation sites is 1. The van der Waals surface area contributed by atoms with Crippen molar-refractivity contribution in [1.29, 1.82) is 0 Å². The van der Waals surface area contributed by atoms with Gasteiger partial charge in [0.05, 0.1) is 5.52 Å². The highest BCUT2D eigenvalue weighted by Crippen LogP contribution is 2.15. The predicted octanol–water partition coefficient (Wildman–Crippen LogP) is 1.17. The third kappa shape index (κ3) is 0.797. The Balaban J connectivity index is 2.87. The fourth-order valence-corrected chi connectivity index (χ4v) is 1.29. The van der Waals surface area contributed by atoms with Gasteiger partial charge < -0.3 is 5.84 Å². The van der Waals surface area contributed by atoms with E-state index in [1.165, 1.54) is 4.68 Å². The van der Waals surface area contributed by atoms with E-state index in [9.17, 15) is 4.79 Å². The second kappa shape index (κ2) is 2.37.